The molecule has 0 bridgehead atoms. The highest BCUT2D eigenvalue weighted by molar-refractivity contribution is 5.72. The SMILES string of the molecule is C#CC(/C=C(/F)C(=C)C)=C(C)C.C=Cc1cc(C)ccc1C.CC.CC(C)(C)C.CC(C)=O.CC(C)C(C)C(C)C.CCC. The highest BCUT2D eigenvalue weighted by Gasteiger charge is 2.09. The molecule has 1 aromatic rings. The highest BCUT2D eigenvalue weighted by atomic mass is 19.1. The Morgan fingerprint density at radius 2 is 1.27 bits per heavy atom. The van der Waals surface area contributed by atoms with Crippen molar-refractivity contribution in [2.75, 3.05) is 0 Å². The highest BCUT2D eigenvalue weighted by Crippen LogP contribution is 2.18. The van der Waals surface area contributed by atoms with Crippen molar-refractivity contribution in [1.29, 1.82) is 0 Å². The van der Waals surface area contributed by atoms with Crippen LogP contribution in [0.25, 0.3) is 6.08 Å². The summed E-state index contributed by atoms with van der Waals surface area (Å²) in [5.41, 5.74) is 6.22. The zero-order valence-corrected chi connectivity index (χ0v) is 33.1. The quantitative estimate of drug-likeness (QED) is 0.238. The van der Waals surface area contributed by atoms with E-state index < -0.39 is 0 Å². The molecular formula is C42H75FO. The smallest absolute Gasteiger partial charge is 0.126 e. The van der Waals surface area contributed by atoms with Crippen LogP contribution in [-0.4, -0.2) is 5.78 Å². The van der Waals surface area contributed by atoms with Crippen LogP contribution in [0.1, 0.15) is 148 Å². The van der Waals surface area contributed by atoms with Crippen LogP contribution in [0.4, 0.5) is 4.39 Å². The molecule has 0 unspecified atom stereocenters. The molecule has 0 spiro atoms. The number of hydrogen-bond acceptors (Lipinski definition) is 1. The van der Waals surface area contributed by atoms with E-state index in [9.17, 15) is 9.18 Å². The number of allylic oxidation sites excluding steroid dienone is 5. The first-order valence-electron chi connectivity index (χ1n) is 16.3. The van der Waals surface area contributed by atoms with Gasteiger partial charge in [0.15, 0.2) is 0 Å². The number of carbonyl (C=O) groups is 1. The summed E-state index contributed by atoms with van der Waals surface area (Å²) in [5.74, 6) is 4.77. The normalized spacial score (nSPS) is 9.66. The molecular weight excluding hydrogens is 539 g/mol. The second-order valence-electron chi connectivity index (χ2n) is 13.4. The molecule has 0 saturated carbocycles. The summed E-state index contributed by atoms with van der Waals surface area (Å²) in [6.45, 7) is 48.2. The van der Waals surface area contributed by atoms with Gasteiger partial charge in [-0.1, -0.05) is 151 Å². The minimum Gasteiger partial charge on any atom is -0.300 e. The lowest BCUT2D eigenvalue weighted by Crippen LogP contribution is -2.10. The summed E-state index contributed by atoms with van der Waals surface area (Å²) in [7, 11) is 0. The second-order valence-corrected chi connectivity index (χ2v) is 13.4. The lowest BCUT2D eigenvalue weighted by atomic mass is 9.88. The number of aryl methyl sites for hydroxylation is 2. The molecule has 0 aliphatic carbocycles. The van der Waals surface area contributed by atoms with Gasteiger partial charge in [0.2, 0.25) is 0 Å². The fraction of sp³-hybridized carbons (Fsp3) is 0.595. The van der Waals surface area contributed by atoms with Crippen LogP contribution in [0, 0.1) is 49.4 Å². The van der Waals surface area contributed by atoms with E-state index in [1.165, 1.54) is 43.0 Å². The maximum atomic E-state index is 13.0. The fourth-order valence-electron chi connectivity index (χ4n) is 2.33. The standard InChI is InChI=1S/C11H13F.C10H12.C8H18.C5H12.C3H6O.C3H8.C2H6/c1-6-10(8(2)3)7-11(12)9(4)5;1-4-10-7-8(2)5-6-9(10)3;1-6(2)8(5)7(3)4;1-5(2,3)4;1-3(2)4;1-3-2;1-2/h1,7H,4H2,2-3,5H3;4-7H,1H2,2-3H3;6-8H,1-5H3;1-4H3;1-2H3;3H2,1-2H3;1-2H3/b11-7+;;;;;;. The maximum absolute atomic E-state index is 13.0. The predicted molar refractivity (Wildman–Crippen MR) is 205 cm³/mol. The van der Waals surface area contributed by atoms with Crippen molar-refractivity contribution >= 4 is 11.9 Å². The number of ketones is 1. The van der Waals surface area contributed by atoms with Crippen LogP contribution in [0.2, 0.25) is 0 Å². The van der Waals surface area contributed by atoms with Gasteiger partial charge in [-0.05, 0) is 94.4 Å². The van der Waals surface area contributed by atoms with Gasteiger partial charge in [-0.2, -0.15) is 0 Å². The number of carbonyl (C=O) groups excluding carboxylic acids is 1. The third kappa shape index (κ3) is 49.0. The summed E-state index contributed by atoms with van der Waals surface area (Å²) in [6, 6.07) is 6.37. The lowest BCUT2D eigenvalue weighted by molar-refractivity contribution is -0.115. The summed E-state index contributed by atoms with van der Waals surface area (Å²) >= 11 is 0. The number of hydrogen-bond donors (Lipinski definition) is 0. The molecule has 2 heteroatoms. The Morgan fingerprint density at radius 3 is 1.45 bits per heavy atom. The van der Waals surface area contributed by atoms with Gasteiger partial charge in [-0.15, -0.1) is 6.42 Å². The molecule has 0 amide bonds. The van der Waals surface area contributed by atoms with E-state index in [0.717, 1.165) is 23.3 Å². The van der Waals surface area contributed by atoms with Gasteiger partial charge in [-0.25, -0.2) is 4.39 Å². The number of terminal acetylenes is 1. The zero-order valence-electron chi connectivity index (χ0n) is 33.1. The van der Waals surface area contributed by atoms with Crippen LogP contribution in [0.15, 0.2) is 60.0 Å². The van der Waals surface area contributed by atoms with Crippen LogP contribution in [0.5, 0.6) is 0 Å². The minimum atomic E-state index is -0.357. The van der Waals surface area contributed by atoms with Crippen molar-refractivity contribution in [3.8, 4) is 12.3 Å². The monoisotopic (exact) mass is 615 g/mol. The van der Waals surface area contributed by atoms with Crippen molar-refractivity contribution in [3.05, 3.63) is 76.7 Å². The van der Waals surface area contributed by atoms with Crippen LogP contribution in [0.3, 0.4) is 0 Å². The van der Waals surface area contributed by atoms with Gasteiger partial charge >= 0.3 is 0 Å². The fourth-order valence-corrected chi connectivity index (χ4v) is 2.33. The average Bonchev–Trinajstić information content (AvgIpc) is 2.88. The van der Waals surface area contributed by atoms with Crippen molar-refractivity contribution < 1.29 is 9.18 Å². The number of rotatable bonds is 5. The third-order valence-corrected chi connectivity index (χ3v) is 5.13. The number of benzene rings is 1. The Bertz CT molecular complexity index is 950. The maximum Gasteiger partial charge on any atom is 0.126 e. The van der Waals surface area contributed by atoms with Crippen LogP contribution >= 0.6 is 0 Å². The first-order valence-corrected chi connectivity index (χ1v) is 16.3. The minimum absolute atomic E-state index is 0.167. The van der Waals surface area contributed by atoms with E-state index in [1.807, 2.05) is 33.8 Å². The first kappa shape index (κ1) is 53.9. The van der Waals surface area contributed by atoms with Crippen molar-refractivity contribution in [2.24, 2.45) is 23.2 Å². The van der Waals surface area contributed by atoms with E-state index in [1.54, 1.807) is 6.92 Å². The molecule has 0 aliphatic heterocycles. The van der Waals surface area contributed by atoms with Gasteiger partial charge in [0, 0.05) is 5.57 Å². The molecule has 0 N–H and O–H groups in total. The summed E-state index contributed by atoms with van der Waals surface area (Å²) in [4.78, 5) is 9.44. The van der Waals surface area contributed by atoms with Gasteiger partial charge in [0.1, 0.15) is 11.6 Å². The van der Waals surface area contributed by atoms with Crippen LogP contribution < -0.4 is 0 Å². The third-order valence-electron chi connectivity index (χ3n) is 5.13. The predicted octanol–water partition coefficient (Wildman–Crippen LogP) is 14.4. The van der Waals surface area contributed by atoms with E-state index in [-0.39, 0.29) is 11.6 Å². The Hall–Kier alpha value is -2.66. The summed E-state index contributed by atoms with van der Waals surface area (Å²) < 4.78 is 13.0. The Morgan fingerprint density at radius 1 is 0.932 bits per heavy atom. The topological polar surface area (TPSA) is 17.1 Å². The summed E-state index contributed by atoms with van der Waals surface area (Å²) in [5, 5.41) is 0. The molecule has 0 fully saturated rings. The van der Waals surface area contributed by atoms with Crippen LogP contribution in [-0.2, 0) is 4.79 Å². The molecule has 0 aliphatic rings. The van der Waals surface area contributed by atoms with Gasteiger partial charge < -0.3 is 4.79 Å². The van der Waals surface area contributed by atoms with E-state index >= 15 is 0 Å². The molecule has 1 nitrogen and oxygen atoms in total. The molecule has 0 heterocycles. The number of halogens is 1. The second kappa shape index (κ2) is 33.2. The Balaban J connectivity index is -0.000000103. The zero-order chi connectivity index (χ0) is 36.8. The van der Waals surface area contributed by atoms with Crippen molar-refractivity contribution in [1.82, 2.24) is 0 Å². The van der Waals surface area contributed by atoms with E-state index in [2.05, 4.69) is 127 Å². The molecule has 1 rings (SSSR count). The molecule has 256 valence electrons. The molecule has 0 radical (unpaired) electrons. The molecule has 0 saturated heterocycles. The largest absolute Gasteiger partial charge is 0.300 e. The van der Waals surface area contributed by atoms with Gasteiger partial charge in [-0.3, -0.25) is 0 Å². The lowest BCUT2D eigenvalue weighted by Gasteiger charge is -2.18. The molecule has 0 atom stereocenters. The van der Waals surface area contributed by atoms with Gasteiger partial charge in [0.05, 0.1) is 0 Å². The van der Waals surface area contributed by atoms with Crippen molar-refractivity contribution in [3.63, 3.8) is 0 Å². The van der Waals surface area contributed by atoms with Gasteiger partial charge in [0.25, 0.3) is 0 Å². The number of Topliss-reactive ketones (excluding diaryl/α,β-unsaturated/α-hetero) is 1. The summed E-state index contributed by atoms with van der Waals surface area (Å²) in [6.07, 6.45) is 9.65. The molecule has 44 heavy (non-hydrogen) atoms. The Labute approximate surface area is 277 Å². The molecule has 0 aromatic heterocycles. The molecule has 1 aromatic carbocycles. The average molecular weight is 615 g/mol. The Kier molecular flexibility index (Phi) is 40.7. The van der Waals surface area contributed by atoms with Crippen molar-refractivity contribution in [2.45, 2.75) is 145 Å². The first-order chi connectivity index (χ1) is 19.9. The van der Waals surface area contributed by atoms with E-state index in [4.69, 9.17) is 6.42 Å². The van der Waals surface area contributed by atoms with E-state index in [0.29, 0.717) is 16.6 Å².